The average Bonchev–Trinajstić information content (AvgIpc) is 2.60. The first kappa shape index (κ1) is 19.6. The fourth-order valence-corrected chi connectivity index (χ4v) is 3.38. The highest BCUT2D eigenvalue weighted by Gasteiger charge is 2.15. The topological polar surface area (TPSA) is 104 Å². The van der Waals surface area contributed by atoms with Gasteiger partial charge in [0.05, 0.1) is 4.90 Å². The van der Waals surface area contributed by atoms with Gasteiger partial charge in [-0.15, -0.1) is 0 Å². The predicted octanol–water partition coefficient (Wildman–Crippen LogP) is 2.59. The summed E-state index contributed by atoms with van der Waals surface area (Å²) in [4.78, 5) is 23.6. The Morgan fingerprint density at radius 3 is 2.27 bits per heavy atom. The van der Waals surface area contributed by atoms with Crippen LogP contribution >= 0.6 is 0 Å². The number of amides is 2. The Bertz CT molecular complexity index is 910. The van der Waals surface area contributed by atoms with Gasteiger partial charge in [0.25, 0.3) is 5.91 Å². The maximum Gasteiger partial charge on any atom is 0.255 e. The van der Waals surface area contributed by atoms with Gasteiger partial charge in [0, 0.05) is 30.4 Å². The molecular weight excluding hydrogens is 354 g/mol. The van der Waals surface area contributed by atoms with Crippen LogP contribution in [0.1, 0.15) is 30.6 Å². The fourth-order valence-electron chi connectivity index (χ4n) is 2.21. The van der Waals surface area contributed by atoms with E-state index in [1.165, 1.54) is 31.2 Å². The first-order valence-electron chi connectivity index (χ1n) is 8.10. The predicted molar refractivity (Wildman–Crippen MR) is 101 cm³/mol. The second-order valence-corrected chi connectivity index (χ2v) is 7.41. The molecular formula is C18H21N3O4S. The lowest BCUT2D eigenvalue weighted by molar-refractivity contribution is -0.114. The van der Waals surface area contributed by atoms with E-state index < -0.39 is 15.9 Å². The molecule has 0 bridgehead atoms. The minimum atomic E-state index is -3.65. The molecule has 8 heteroatoms. The zero-order valence-corrected chi connectivity index (χ0v) is 15.4. The molecule has 7 nitrogen and oxygen atoms in total. The molecule has 0 aliphatic heterocycles. The van der Waals surface area contributed by atoms with E-state index in [4.69, 9.17) is 0 Å². The lowest BCUT2D eigenvalue weighted by Gasteiger charge is -2.10. The average molecular weight is 375 g/mol. The van der Waals surface area contributed by atoms with E-state index in [9.17, 15) is 18.0 Å². The molecule has 26 heavy (non-hydrogen) atoms. The molecule has 0 atom stereocenters. The molecule has 138 valence electrons. The van der Waals surface area contributed by atoms with E-state index >= 15 is 0 Å². The Kier molecular flexibility index (Phi) is 6.48. The van der Waals surface area contributed by atoms with E-state index in [0.29, 0.717) is 24.3 Å². The summed E-state index contributed by atoms with van der Waals surface area (Å²) < 4.78 is 26.8. The van der Waals surface area contributed by atoms with Gasteiger partial charge in [0.1, 0.15) is 0 Å². The van der Waals surface area contributed by atoms with Crippen molar-refractivity contribution < 1.29 is 18.0 Å². The molecule has 2 amide bonds. The molecule has 0 saturated heterocycles. The molecule has 0 aromatic heterocycles. The van der Waals surface area contributed by atoms with E-state index in [2.05, 4.69) is 15.4 Å². The Labute approximate surface area is 152 Å². The summed E-state index contributed by atoms with van der Waals surface area (Å²) in [6, 6.07) is 12.5. The zero-order valence-electron chi connectivity index (χ0n) is 14.6. The Morgan fingerprint density at radius 2 is 1.62 bits per heavy atom. The summed E-state index contributed by atoms with van der Waals surface area (Å²) in [5, 5.41) is 5.32. The van der Waals surface area contributed by atoms with Crippen molar-refractivity contribution in [1.82, 2.24) is 4.72 Å². The Hall–Kier alpha value is -2.71. The van der Waals surface area contributed by atoms with Crippen molar-refractivity contribution in [2.75, 3.05) is 17.2 Å². The van der Waals surface area contributed by atoms with E-state index in [-0.39, 0.29) is 16.4 Å². The SMILES string of the molecule is CCCNS(=O)(=O)c1cccc(C(=O)Nc2cccc(NC(C)=O)c2)c1. The van der Waals surface area contributed by atoms with Gasteiger partial charge in [-0.25, -0.2) is 13.1 Å². The molecule has 0 fully saturated rings. The molecule has 2 aromatic carbocycles. The van der Waals surface area contributed by atoms with Crippen LogP contribution in [0.2, 0.25) is 0 Å². The summed E-state index contributed by atoms with van der Waals surface area (Å²) in [6.45, 7) is 3.58. The van der Waals surface area contributed by atoms with Crippen LogP contribution in [-0.2, 0) is 14.8 Å². The molecule has 0 radical (unpaired) electrons. The molecule has 0 heterocycles. The highest BCUT2D eigenvalue weighted by atomic mass is 32.2. The minimum absolute atomic E-state index is 0.0330. The third-order valence-corrected chi connectivity index (χ3v) is 4.85. The highest BCUT2D eigenvalue weighted by Crippen LogP contribution is 2.17. The van der Waals surface area contributed by atoms with Gasteiger partial charge in [0.2, 0.25) is 15.9 Å². The monoisotopic (exact) mass is 375 g/mol. The fraction of sp³-hybridized carbons (Fsp3) is 0.222. The van der Waals surface area contributed by atoms with Crippen molar-refractivity contribution >= 4 is 33.2 Å². The van der Waals surface area contributed by atoms with Crippen LogP contribution in [0.4, 0.5) is 11.4 Å². The lowest BCUT2D eigenvalue weighted by atomic mass is 10.2. The molecule has 0 unspecified atom stereocenters. The van der Waals surface area contributed by atoms with Crippen molar-refractivity contribution in [3.63, 3.8) is 0 Å². The van der Waals surface area contributed by atoms with Crippen LogP contribution in [0.25, 0.3) is 0 Å². The van der Waals surface area contributed by atoms with Gasteiger partial charge in [-0.3, -0.25) is 9.59 Å². The van der Waals surface area contributed by atoms with E-state index in [0.717, 1.165) is 0 Å². The van der Waals surface area contributed by atoms with E-state index in [1.54, 1.807) is 24.3 Å². The summed E-state index contributed by atoms with van der Waals surface area (Å²) in [6.07, 6.45) is 0.671. The standard InChI is InChI=1S/C18H21N3O4S/c1-3-10-19-26(24,25)17-9-4-6-14(11-17)18(23)21-16-8-5-7-15(12-16)20-13(2)22/h4-9,11-12,19H,3,10H2,1-2H3,(H,20,22)(H,21,23). The number of carbonyl (C=O) groups is 2. The summed E-state index contributed by atoms with van der Waals surface area (Å²) in [5.74, 6) is -0.663. The molecule has 0 aliphatic rings. The van der Waals surface area contributed by atoms with Gasteiger partial charge in [-0.05, 0) is 42.8 Å². The number of hydrogen-bond donors (Lipinski definition) is 3. The second-order valence-electron chi connectivity index (χ2n) is 5.64. The zero-order chi connectivity index (χ0) is 19.2. The molecule has 3 N–H and O–H groups in total. The van der Waals surface area contributed by atoms with Crippen molar-refractivity contribution in [3.8, 4) is 0 Å². The van der Waals surface area contributed by atoms with Gasteiger partial charge < -0.3 is 10.6 Å². The third-order valence-electron chi connectivity index (χ3n) is 3.39. The maximum atomic E-state index is 12.4. The smallest absolute Gasteiger partial charge is 0.255 e. The highest BCUT2D eigenvalue weighted by molar-refractivity contribution is 7.89. The van der Waals surface area contributed by atoms with Crippen molar-refractivity contribution in [1.29, 1.82) is 0 Å². The molecule has 0 saturated carbocycles. The van der Waals surface area contributed by atoms with Crippen LogP contribution in [0.5, 0.6) is 0 Å². The van der Waals surface area contributed by atoms with Gasteiger partial charge in [0.15, 0.2) is 0 Å². The summed E-state index contributed by atoms with van der Waals surface area (Å²) in [5.41, 5.74) is 1.25. The number of nitrogens with one attached hydrogen (secondary N) is 3. The van der Waals surface area contributed by atoms with Gasteiger partial charge in [-0.1, -0.05) is 19.1 Å². The summed E-state index contributed by atoms with van der Waals surface area (Å²) in [7, 11) is -3.65. The van der Waals surface area contributed by atoms with Gasteiger partial charge in [-0.2, -0.15) is 0 Å². The molecule has 2 rings (SSSR count). The normalized spacial score (nSPS) is 11.0. The minimum Gasteiger partial charge on any atom is -0.326 e. The van der Waals surface area contributed by atoms with E-state index in [1.807, 2.05) is 6.92 Å². The van der Waals surface area contributed by atoms with Crippen molar-refractivity contribution in [2.24, 2.45) is 0 Å². The molecule has 0 spiro atoms. The summed E-state index contributed by atoms with van der Waals surface area (Å²) >= 11 is 0. The molecule has 2 aromatic rings. The first-order valence-corrected chi connectivity index (χ1v) is 9.59. The van der Waals surface area contributed by atoms with Gasteiger partial charge >= 0.3 is 0 Å². The number of carbonyl (C=O) groups excluding carboxylic acids is 2. The van der Waals surface area contributed by atoms with Crippen molar-refractivity contribution in [3.05, 3.63) is 54.1 Å². The Morgan fingerprint density at radius 1 is 0.962 bits per heavy atom. The number of sulfonamides is 1. The second kappa shape index (κ2) is 8.59. The number of benzene rings is 2. The Balaban J connectivity index is 2.18. The van der Waals surface area contributed by atoms with Crippen molar-refractivity contribution in [2.45, 2.75) is 25.2 Å². The van der Waals surface area contributed by atoms with Crippen LogP contribution in [0.15, 0.2) is 53.4 Å². The lowest BCUT2D eigenvalue weighted by Crippen LogP contribution is -2.24. The number of rotatable bonds is 7. The number of anilines is 2. The first-order chi connectivity index (χ1) is 12.3. The molecule has 0 aliphatic carbocycles. The number of hydrogen-bond acceptors (Lipinski definition) is 4. The largest absolute Gasteiger partial charge is 0.326 e. The maximum absolute atomic E-state index is 12.4. The van der Waals surface area contributed by atoms with Crippen LogP contribution < -0.4 is 15.4 Å². The third kappa shape index (κ3) is 5.40. The quantitative estimate of drug-likeness (QED) is 0.692. The van der Waals surface area contributed by atoms with Crippen LogP contribution in [0.3, 0.4) is 0 Å². The van der Waals surface area contributed by atoms with Crippen LogP contribution in [-0.4, -0.2) is 26.8 Å². The van der Waals surface area contributed by atoms with Crippen LogP contribution in [0, 0.1) is 0 Å².